The predicted octanol–water partition coefficient (Wildman–Crippen LogP) is -5.69. The highest BCUT2D eigenvalue weighted by Gasteiger charge is 2.51. The van der Waals surface area contributed by atoms with Gasteiger partial charge in [0.25, 0.3) is 0 Å². The first-order valence-electron chi connectivity index (χ1n) is 14.3. The molecule has 1 unspecified atom stereocenters. The lowest BCUT2D eigenvalue weighted by atomic mass is 9.76. The van der Waals surface area contributed by atoms with Crippen LogP contribution in [0.15, 0.2) is 0 Å². The van der Waals surface area contributed by atoms with Crippen molar-refractivity contribution in [3.05, 3.63) is 0 Å². The number of nitrogens with one attached hydrogen (secondary N) is 1. The minimum absolute atomic E-state index is 0.0731. The zero-order valence-corrected chi connectivity index (χ0v) is 23.2. The molecule has 3 fully saturated rings. The van der Waals surface area contributed by atoms with Crippen molar-refractivity contribution in [3.63, 3.8) is 0 Å². The average Bonchev–Trinajstić information content (AvgIpc) is 2.96. The Kier molecular flexibility index (Phi) is 13.7. The van der Waals surface area contributed by atoms with Gasteiger partial charge in [0.1, 0.15) is 36.6 Å². The number of carbonyl (C=O) groups excluding carboxylic acids is 1. The van der Waals surface area contributed by atoms with E-state index in [-0.39, 0.29) is 32.1 Å². The van der Waals surface area contributed by atoms with Gasteiger partial charge >= 0.3 is 0 Å². The summed E-state index contributed by atoms with van der Waals surface area (Å²) in [4.78, 5) is 12.6. The maximum Gasteiger partial charge on any atom is 0.186 e. The van der Waals surface area contributed by atoms with Gasteiger partial charge in [-0.2, -0.15) is 0 Å². The Morgan fingerprint density at radius 1 is 0.951 bits per heavy atom. The van der Waals surface area contributed by atoms with Crippen LogP contribution in [0.25, 0.3) is 0 Å². The Hall–Kier alpha value is -0.930. The van der Waals surface area contributed by atoms with E-state index in [4.69, 9.17) is 47.0 Å². The summed E-state index contributed by atoms with van der Waals surface area (Å²) in [6.07, 6.45) is -10.1. The van der Waals surface area contributed by atoms with Crippen molar-refractivity contribution in [1.29, 1.82) is 0 Å². The molecule has 16 heteroatoms. The monoisotopic (exact) mass is 595 g/mol. The van der Waals surface area contributed by atoms with Gasteiger partial charge in [0.15, 0.2) is 18.4 Å². The fourth-order valence-electron chi connectivity index (χ4n) is 5.60. The molecular formula is C25H49N5O11. The quantitative estimate of drug-likeness (QED) is 0.0834. The second-order valence-electron chi connectivity index (χ2n) is 11.2. The first kappa shape index (κ1) is 34.6. The van der Waals surface area contributed by atoms with E-state index in [1.807, 2.05) is 0 Å². The summed E-state index contributed by atoms with van der Waals surface area (Å²) in [5, 5.41) is 64.1. The molecule has 16 nitrogen and oxygen atoms in total. The molecule has 0 aromatic rings. The molecule has 0 aromatic carbocycles. The maximum atomic E-state index is 12.6. The highest BCUT2D eigenvalue weighted by molar-refractivity contribution is 5.83. The van der Waals surface area contributed by atoms with Crippen molar-refractivity contribution in [2.45, 2.75) is 112 Å². The van der Waals surface area contributed by atoms with Gasteiger partial charge in [-0.1, -0.05) is 0 Å². The van der Waals surface area contributed by atoms with Gasteiger partial charge in [-0.25, -0.2) is 0 Å². The lowest BCUT2D eigenvalue weighted by Crippen LogP contribution is -2.66. The molecule has 14 atom stereocenters. The highest BCUT2D eigenvalue weighted by atomic mass is 16.7. The van der Waals surface area contributed by atoms with Crippen LogP contribution in [0.2, 0.25) is 0 Å². The highest BCUT2D eigenvalue weighted by Crippen LogP contribution is 2.36. The second kappa shape index (κ2) is 16.2. The summed E-state index contributed by atoms with van der Waals surface area (Å²) in [5.74, 6) is -1.33. The van der Waals surface area contributed by atoms with Crippen LogP contribution < -0.4 is 28.3 Å². The molecule has 15 N–H and O–H groups in total. The molecule has 3 aliphatic rings. The van der Waals surface area contributed by atoms with Gasteiger partial charge in [-0.15, -0.1) is 0 Å². The molecule has 1 aliphatic carbocycles. The zero-order valence-electron chi connectivity index (χ0n) is 23.2. The minimum Gasteiger partial charge on any atom is -0.396 e. The van der Waals surface area contributed by atoms with Crippen LogP contribution in [0.3, 0.4) is 0 Å². The first-order valence-corrected chi connectivity index (χ1v) is 14.3. The van der Waals surface area contributed by atoms with Gasteiger partial charge in [0, 0.05) is 32.2 Å². The van der Waals surface area contributed by atoms with E-state index in [2.05, 4.69) is 5.32 Å². The summed E-state index contributed by atoms with van der Waals surface area (Å²) in [6, 6.07) is -2.52. The van der Waals surface area contributed by atoms with Gasteiger partial charge in [-0.3, -0.25) is 4.79 Å². The van der Waals surface area contributed by atoms with Crippen LogP contribution in [0, 0.1) is 5.92 Å². The number of Topliss-reactive ketones (excluding diaryl/α,β-unsaturated/α-hetero) is 1. The summed E-state index contributed by atoms with van der Waals surface area (Å²) in [7, 11) is 0. The summed E-state index contributed by atoms with van der Waals surface area (Å²) >= 11 is 0. The van der Waals surface area contributed by atoms with Gasteiger partial charge < -0.3 is 77.8 Å². The van der Waals surface area contributed by atoms with E-state index in [0.29, 0.717) is 32.4 Å². The molecule has 2 heterocycles. The molecule has 0 amide bonds. The SMILES string of the molecule is NC[C@H](O)C(=O)C[C@@H]1C[C@H](N)C(O[C@H]2O[C@H](CNCCCO)CC[C@H]2N)[C@H](O)[C@H]1O[C@H]1O[C@H](CO)[C@@H](O)[C@H](N)[C@H]1O. The van der Waals surface area contributed by atoms with Crippen molar-refractivity contribution >= 4 is 5.78 Å². The third-order valence-corrected chi connectivity index (χ3v) is 8.09. The van der Waals surface area contributed by atoms with E-state index in [1.165, 1.54) is 0 Å². The Balaban J connectivity index is 1.76. The largest absolute Gasteiger partial charge is 0.396 e. The van der Waals surface area contributed by atoms with E-state index in [1.54, 1.807) is 0 Å². The Bertz CT molecular complexity index is 801. The number of hydrogen-bond acceptors (Lipinski definition) is 16. The van der Waals surface area contributed by atoms with Gasteiger partial charge in [0.2, 0.25) is 0 Å². The lowest BCUT2D eigenvalue weighted by Gasteiger charge is -2.48. The topological polar surface area (TPSA) is 291 Å². The molecule has 0 radical (unpaired) electrons. The summed E-state index contributed by atoms with van der Waals surface area (Å²) in [6.45, 7) is 0.303. The molecule has 0 spiro atoms. The minimum atomic E-state index is -1.53. The molecule has 2 aliphatic heterocycles. The van der Waals surface area contributed by atoms with E-state index < -0.39 is 91.7 Å². The van der Waals surface area contributed by atoms with Crippen molar-refractivity contribution in [3.8, 4) is 0 Å². The van der Waals surface area contributed by atoms with Crippen molar-refractivity contribution < 1.29 is 54.4 Å². The number of nitrogens with two attached hydrogens (primary N) is 4. The Labute approximate surface area is 239 Å². The van der Waals surface area contributed by atoms with Crippen LogP contribution in [0.5, 0.6) is 0 Å². The lowest BCUT2D eigenvalue weighted by molar-refractivity contribution is -0.318. The van der Waals surface area contributed by atoms with E-state index >= 15 is 0 Å². The van der Waals surface area contributed by atoms with Crippen molar-refractivity contribution in [2.75, 3.05) is 32.8 Å². The third-order valence-electron chi connectivity index (χ3n) is 8.09. The van der Waals surface area contributed by atoms with E-state index in [9.17, 15) is 30.3 Å². The molecule has 0 aromatic heterocycles. The normalized spacial score (nSPS) is 42.6. The molecule has 2 saturated heterocycles. The van der Waals surface area contributed by atoms with Gasteiger partial charge in [0.05, 0.1) is 30.9 Å². The van der Waals surface area contributed by atoms with E-state index in [0.717, 1.165) is 0 Å². The summed E-state index contributed by atoms with van der Waals surface area (Å²) < 4.78 is 23.7. The average molecular weight is 596 g/mol. The fourth-order valence-corrected chi connectivity index (χ4v) is 5.60. The first-order chi connectivity index (χ1) is 19.5. The van der Waals surface area contributed by atoms with Crippen LogP contribution in [-0.2, 0) is 23.7 Å². The standard InChI is InChI=1S/C25H49N5O11/c26-8-16(34)15(33)7-11-6-14(28)23(41-24-13(27)3-2-12(38-24)9-30-4-1-5-31)21(37)22(11)40-25-20(36)18(29)19(35)17(10-32)39-25/h11-14,16-25,30-32,34-37H,1-10,26-29H2/t11-,12-,13+,14-,16-,17+,18-,19+,20+,21+,22-,23?,24+,25+/m0/s1. The van der Waals surface area contributed by atoms with Crippen LogP contribution in [0.4, 0.5) is 0 Å². The smallest absolute Gasteiger partial charge is 0.186 e. The van der Waals surface area contributed by atoms with Crippen LogP contribution in [0.1, 0.15) is 32.1 Å². The van der Waals surface area contributed by atoms with Crippen molar-refractivity contribution in [2.24, 2.45) is 28.9 Å². The number of rotatable bonds is 14. The molecular weight excluding hydrogens is 546 g/mol. The number of aliphatic hydroxyl groups excluding tert-OH is 6. The number of carbonyl (C=O) groups is 1. The van der Waals surface area contributed by atoms with Gasteiger partial charge in [-0.05, 0) is 38.1 Å². The maximum absolute atomic E-state index is 12.6. The number of ether oxygens (including phenoxy) is 4. The number of aliphatic hydroxyl groups is 6. The number of hydrogen-bond donors (Lipinski definition) is 11. The molecule has 240 valence electrons. The fraction of sp³-hybridized carbons (Fsp3) is 0.960. The molecule has 1 saturated carbocycles. The molecule has 41 heavy (non-hydrogen) atoms. The Morgan fingerprint density at radius 3 is 2.32 bits per heavy atom. The Morgan fingerprint density at radius 2 is 1.66 bits per heavy atom. The molecule has 3 rings (SSSR count). The summed E-state index contributed by atoms with van der Waals surface area (Å²) in [5.41, 5.74) is 24.1. The molecule has 0 bridgehead atoms. The zero-order chi connectivity index (χ0) is 30.3. The third kappa shape index (κ3) is 8.81. The van der Waals surface area contributed by atoms with Crippen LogP contribution >= 0.6 is 0 Å². The van der Waals surface area contributed by atoms with Crippen LogP contribution in [-0.4, -0.2) is 149 Å². The van der Waals surface area contributed by atoms with Crippen molar-refractivity contribution in [1.82, 2.24) is 5.32 Å². The number of ketones is 1. The predicted molar refractivity (Wildman–Crippen MR) is 143 cm³/mol. The second-order valence-corrected chi connectivity index (χ2v) is 11.2.